The summed E-state index contributed by atoms with van der Waals surface area (Å²) in [5, 5.41) is 20.2. The van der Waals surface area contributed by atoms with Crippen LogP contribution in [0.15, 0.2) is 18.2 Å². The summed E-state index contributed by atoms with van der Waals surface area (Å²) in [5.74, 6) is 0.348. The maximum absolute atomic E-state index is 11.2. The van der Waals surface area contributed by atoms with Gasteiger partial charge >= 0.3 is 5.69 Å². The number of anilines is 1. The van der Waals surface area contributed by atoms with Crippen LogP contribution >= 0.6 is 0 Å². The van der Waals surface area contributed by atoms with Gasteiger partial charge in [-0.3, -0.25) is 10.1 Å². The number of nitriles is 1. The number of benzene rings is 1. The molecular weight excluding hydrogens is 244 g/mol. The van der Waals surface area contributed by atoms with E-state index in [9.17, 15) is 10.1 Å². The van der Waals surface area contributed by atoms with Crippen LogP contribution in [0.5, 0.6) is 0 Å². The molecule has 1 aromatic rings. The molecule has 0 bridgehead atoms. The predicted molar refractivity (Wildman–Crippen MR) is 71.8 cm³/mol. The maximum Gasteiger partial charge on any atom is 0.310 e. The van der Waals surface area contributed by atoms with Crippen molar-refractivity contribution in [1.82, 2.24) is 0 Å². The number of nitro benzene ring substituents is 1. The third-order valence-electron chi connectivity index (χ3n) is 3.62. The van der Waals surface area contributed by atoms with E-state index in [4.69, 9.17) is 11.0 Å². The SMILES string of the molecule is CC1CC(CN)CN1c1cccc(C#N)c1[N+](=O)[O-]. The van der Waals surface area contributed by atoms with Crippen molar-refractivity contribution >= 4 is 11.4 Å². The molecule has 19 heavy (non-hydrogen) atoms. The van der Waals surface area contributed by atoms with Crippen LogP contribution in [0.2, 0.25) is 0 Å². The molecule has 2 rings (SSSR count). The third-order valence-corrected chi connectivity index (χ3v) is 3.62. The summed E-state index contributed by atoms with van der Waals surface area (Å²) in [7, 11) is 0. The fourth-order valence-corrected chi connectivity index (χ4v) is 2.69. The Labute approximate surface area is 111 Å². The van der Waals surface area contributed by atoms with Gasteiger partial charge in [-0.25, -0.2) is 0 Å². The van der Waals surface area contributed by atoms with Crippen molar-refractivity contribution in [3.63, 3.8) is 0 Å². The molecule has 2 N–H and O–H groups in total. The average molecular weight is 260 g/mol. The summed E-state index contributed by atoms with van der Waals surface area (Å²) in [6.07, 6.45) is 0.921. The lowest BCUT2D eigenvalue weighted by atomic mass is 10.1. The van der Waals surface area contributed by atoms with Gasteiger partial charge in [-0.05, 0) is 37.9 Å². The van der Waals surface area contributed by atoms with Crippen molar-refractivity contribution in [2.24, 2.45) is 11.7 Å². The van der Waals surface area contributed by atoms with Crippen molar-refractivity contribution in [2.75, 3.05) is 18.0 Å². The fourth-order valence-electron chi connectivity index (χ4n) is 2.69. The molecule has 6 heteroatoms. The highest BCUT2D eigenvalue weighted by molar-refractivity contribution is 5.70. The summed E-state index contributed by atoms with van der Waals surface area (Å²) in [4.78, 5) is 12.7. The van der Waals surface area contributed by atoms with Crippen LogP contribution in [0.3, 0.4) is 0 Å². The van der Waals surface area contributed by atoms with E-state index in [2.05, 4.69) is 0 Å². The Bertz CT molecular complexity index is 538. The second-order valence-corrected chi connectivity index (χ2v) is 4.88. The first kappa shape index (κ1) is 13.3. The molecule has 1 aliphatic rings. The Hall–Kier alpha value is -2.13. The standard InChI is InChI=1S/C13H16N4O2/c1-9-5-10(6-14)8-16(9)12-4-2-3-11(7-15)13(12)17(18)19/h2-4,9-10H,5-6,8,14H2,1H3. The summed E-state index contributed by atoms with van der Waals surface area (Å²) < 4.78 is 0. The van der Waals surface area contributed by atoms with Crippen LogP contribution in [0, 0.1) is 27.4 Å². The van der Waals surface area contributed by atoms with Crippen LogP contribution in [0.4, 0.5) is 11.4 Å². The van der Waals surface area contributed by atoms with E-state index in [1.165, 1.54) is 6.07 Å². The Morgan fingerprint density at radius 1 is 1.63 bits per heavy atom. The smallest absolute Gasteiger partial charge is 0.310 e. The van der Waals surface area contributed by atoms with Gasteiger partial charge in [-0.2, -0.15) is 5.26 Å². The monoisotopic (exact) mass is 260 g/mol. The first-order valence-corrected chi connectivity index (χ1v) is 6.22. The van der Waals surface area contributed by atoms with Gasteiger partial charge in [-0.15, -0.1) is 0 Å². The molecule has 2 unspecified atom stereocenters. The fraction of sp³-hybridized carbons (Fsp3) is 0.462. The predicted octanol–water partition coefficient (Wildman–Crippen LogP) is 1.64. The lowest BCUT2D eigenvalue weighted by molar-refractivity contribution is -0.384. The average Bonchev–Trinajstić information content (AvgIpc) is 2.78. The van der Waals surface area contributed by atoms with Crippen LogP contribution in [-0.2, 0) is 0 Å². The van der Waals surface area contributed by atoms with E-state index < -0.39 is 4.92 Å². The van der Waals surface area contributed by atoms with Crippen LogP contribution in [0.1, 0.15) is 18.9 Å². The second kappa shape index (κ2) is 5.24. The van der Waals surface area contributed by atoms with E-state index in [-0.39, 0.29) is 17.3 Å². The molecule has 1 fully saturated rings. The Kier molecular flexibility index (Phi) is 3.67. The van der Waals surface area contributed by atoms with Crippen molar-refractivity contribution in [3.05, 3.63) is 33.9 Å². The summed E-state index contributed by atoms with van der Waals surface area (Å²) >= 11 is 0. The van der Waals surface area contributed by atoms with Crippen LogP contribution in [0.25, 0.3) is 0 Å². The summed E-state index contributed by atoms with van der Waals surface area (Å²) in [6.45, 7) is 3.30. The number of nitro groups is 1. The zero-order valence-electron chi connectivity index (χ0n) is 10.7. The first-order chi connectivity index (χ1) is 9.08. The second-order valence-electron chi connectivity index (χ2n) is 4.88. The molecule has 0 aromatic heterocycles. The van der Waals surface area contributed by atoms with Gasteiger partial charge in [0.25, 0.3) is 0 Å². The van der Waals surface area contributed by atoms with Crippen LogP contribution < -0.4 is 10.6 Å². The Balaban J connectivity index is 2.46. The minimum atomic E-state index is -0.476. The van der Waals surface area contributed by atoms with Gasteiger partial charge in [0, 0.05) is 12.6 Å². The third kappa shape index (κ3) is 2.37. The number of nitrogens with zero attached hydrogens (tertiary/aromatic N) is 3. The van der Waals surface area contributed by atoms with Gasteiger partial charge < -0.3 is 10.6 Å². The highest BCUT2D eigenvalue weighted by Gasteiger charge is 2.33. The molecule has 0 aliphatic carbocycles. The maximum atomic E-state index is 11.2. The van der Waals surface area contributed by atoms with Crippen molar-refractivity contribution in [3.8, 4) is 6.07 Å². The van der Waals surface area contributed by atoms with E-state index in [1.807, 2.05) is 17.9 Å². The molecule has 6 nitrogen and oxygen atoms in total. The zero-order valence-corrected chi connectivity index (χ0v) is 10.7. The van der Waals surface area contributed by atoms with Crippen molar-refractivity contribution in [2.45, 2.75) is 19.4 Å². The van der Waals surface area contributed by atoms with E-state index >= 15 is 0 Å². The molecule has 1 heterocycles. The van der Waals surface area contributed by atoms with E-state index in [1.54, 1.807) is 12.1 Å². The highest BCUT2D eigenvalue weighted by Crippen LogP contribution is 2.36. The topological polar surface area (TPSA) is 96.2 Å². The highest BCUT2D eigenvalue weighted by atomic mass is 16.6. The summed E-state index contributed by atoms with van der Waals surface area (Å²) in [5.41, 5.74) is 6.20. The molecule has 1 aromatic carbocycles. The van der Waals surface area contributed by atoms with Gasteiger partial charge in [0.15, 0.2) is 0 Å². The van der Waals surface area contributed by atoms with Gasteiger partial charge in [0.2, 0.25) is 0 Å². The number of rotatable bonds is 3. The summed E-state index contributed by atoms with van der Waals surface area (Å²) in [6, 6.07) is 6.94. The largest absolute Gasteiger partial charge is 0.363 e. The van der Waals surface area contributed by atoms with Gasteiger partial charge in [0.1, 0.15) is 17.3 Å². The first-order valence-electron chi connectivity index (χ1n) is 6.22. The molecule has 0 spiro atoms. The molecule has 1 saturated heterocycles. The number of nitrogens with two attached hydrogens (primary N) is 1. The van der Waals surface area contributed by atoms with E-state index in [0.717, 1.165) is 6.42 Å². The van der Waals surface area contributed by atoms with Crippen LogP contribution in [-0.4, -0.2) is 24.1 Å². The Morgan fingerprint density at radius 3 is 2.89 bits per heavy atom. The number of hydrogen-bond acceptors (Lipinski definition) is 5. The number of para-hydroxylation sites is 1. The minimum absolute atomic E-state index is 0.102. The van der Waals surface area contributed by atoms with Gasteiger partial charge in [-0.1, -0.05) is 6.07 Å². The lowest BCUT2D eigenvalue weighted by Crippen LogP contribution is -2.28. The molecular formula is C13H16N4O2. The lowest BCUT2D eigenvalue weighted by Gasteiger charge is -2.23. The molecule has 2 atom stereocenters. The molecule has 0 amide bonds. The van der Waals surface area contributed by atoms with E-state index in [0.29, 0.717) is 24.7 Å². The Morgan fingerprint density at radius 2 is 2.37 bits per heavy atom. The molecule has 1 aliphatic heterocycles. The normalized spacial score (nSPS) is 22.3. The molecule has 0 saturated carbocycles. The van der Waals surface area contributed by atoms with Gasteiger partial charge in [0.05, 0.1) is 4.92 Å². The molecule has 100 valence electrons. The minimum Gasteiger partial charge on any atom is -0.363 e. The quantitative estimate of drug-likeness (QED) is 0.658. The molecule has 0 radical (unpaired) electrons. The number of hydrogen-bond donors (Lipinski definition) is 1. The zero-order chi connectivity index (χ0) is 14.0. The van der Waals surface area contributed by atoms with Crippen molar-refractivity contribution in [1.29, 1.82) is 5.26 Å². The van der Waals surface area contributed by atoms with Crippen molar-refractivity contribution < 1.29 is 4.92 Å².